The molecule has 0 aliphatic heterocycles. The second-order valence-corrected chi connectivity index (χ2v) is 28.4. The van der Waals surface area contributed by atoms with Crippen LogP contribution in [0.25, 0.3) is 0 Å². The number of aliphatic hydroxyl groups is 1. The summed E-state index contributed by atoms with van der Waals surface area (Å²) in [5.74, 6) is -2.32. The fraction of sp³-hybridized carbons (Fsp3) is 0.663. The number of phosphoric ester groups is 2. The molecule has 0 aromatic heterocycles. The Morgan fingerprint density at radius 2 is 0.549 bits per heavy atom. The minimum Gasteiger partial charge on any atom is -0.462 e. The van der Waals surface area contributed by atoms with Gasteiger partial charge in [-0.25, -0.2) is 9.13 Å². The molecule has 0 saturated carbocycles. The van der Waals surface area contributed by atoms with Gasteiger partial charge in [0.2, 0.25) is 0 Å². The molecule has 0 saturated heterocycles. The lowest BCUT2D eigenvalue weighted by molar-refractivity contribution is -0.161. The van der Waals surface area contributed by atoms with E-state index in [9.17, 15) is 43.2 Å². The summed E-state index contributed by atoms with van der Waals surface area (Å²) in [5.41, 5.74) is 0. The largest absolute Gasteiger partial charge is 0.472 e. The van der Waals surface area contributed by atoms with Crippen LogP contribution >= 0.6 is 15.6 Å². The molecule has 0 aromatic carbocycles. The molecule has 0 fully saturated rings. The first-order valence-corrected chi connectivity index (χ1v) is 42.1. The van der Waals surface area contributed by atoms with Gasteiger partial charge in [0.1, 0.15) is 19.3 Å². The third-order valence-electron chi connectivity index (χ3n) is 15.8. The highest BCUT2D eigenvalue weighted by Crippen LogP contribution is 2.45. The minimum atomic E-state index is -5.00. The second-order valence-electron chi connectivity index (χ2n) is 25.5. The van der Waals surface area contributed by atoms with Crippen LogP contribution < -0.4 is 0 Å². The standard InChI is InChI=1S/C83H138O17P2/c1-5-9-13-17-21-25-29-33-36-37-38-39-42-45-48-52-56-60-64-68-81(86)94-74-79(100-83(88)70-66-62-58-54-50-46-41-35-31-27-23-19-15-11-7-3)76-98-102(91,92)96-72-77(84)71-95-101(89,90)97-75-78(99-82(87)69-65-61-57-53-49-43-32-28-24-20-16-12-8-4)73-93-80(85)67-63-59-55-51-47-44-40-34-30-26-22-18-14-10-6-2/h9-10,13-14,16,20-22,25-26,28,32-36,38-41,45,48,56,60,77-79,84H,5-8,11-12,15,17-19,23-24,27,29-31,37,42-44,46-47,49-55,57-59,61-76H2,1-4H3,(H,89,90)(H,91,92)/b13-9-,14-10-,20-16-,25-21-,26-22-,32-28-,36-33-,39-38-,40-34-,41-35-,48-45-,60-56-. The van der Waals surface area contributed by atoms with Crippen molar-refractivity contribution in [2.75, 3.05) is 39.6 Å². The lowest BCUT2D eigenvalue weighted by Gasteiger charge is -2.21. The molecule has 19 heteroatoms. The van der Waals surface area contributed by atoms with Crippen molar-refractivity contribution in [1.82, 2.24) is 0 Å². The predicted octanol–water partition coefficient (Wildman–Crippen LogP) is 22.7. The smallest absolute Gasteiger partial charge is 0.462 e. The normalized spacial score (nSPS) is 14.7. The number of hydrogen-bond acceptors (Lipinski definition) is 15. The van der Waals surface area contributed by atoms with E-state index < -0.39 is 97.5 Å². The van der Waals surface area contributed by atoms with Gasteiger partial charge in [-0.05, 0) is 148 Å². The van der Waals surface area contributed by atoms with Gasteiger partial charge in [-0.1, -0.05) is 270 Å². The molecule has 0 radical (unpaired) electrons. The van der Waals surface area contributed by atoms with E-state index in [2.05, 4.69) is 155 Å². The van der Waals surface area contributed by atoms with Crippen LogP contribution in [0.4, 0.5) is 0 Å². The number of ether oxygens (including phenoxy) is 4. The number of esters is 4. The van der Waals surface area contributed by atoms with Gasteiger partial charge >= 0.3 is 39.5 Å². The van der Waals surface area contributed by atoms with E-state index in [0.29, 0.717) is 32.1 Å². The lowest BCUT2D eigenvalue weighted by atomic mass is 10.1. The van der Waals surface area contributed by atoms with Crippen molar-refractivity contribution in [2.24, 2.45) is 0 Å². The summed E-state index contributed by atoms with van der Waals surface area (Å²) in [6.07, 6.45) is 84.2. The van der Waals surface area contributed by atoms with Crippen molar-refractivity contribution in [2.45, 2.75) is 316 Å². The average molecular weight is 1470 g/mol. The number of aliphatic hydroxyl groups excluding tert-OH is 1. The zero-order valence-electron chi connectivity index (χ0n) is 63.5. The molecule has 0 aliphatic carbocycles. The second kappa shape index (κ2) is 74.2. The zero-order chi connectivity index (χ0) is 74.6. The van der Waals surface area contributed by atoms with E-state index >= 15 is 0 Å². The Hall–Kier alpha value is -5.06. The molecule has 102 heavy (non-hydrogen) atoms. The van der Waals surface area contributed by atoms with E-state index in [1.54, 1.807) is 0 Å². The number of phosphoric acid groups is 2. The van der Waals surface area contributed by atoms with Gasteiger partial charge in [0.05, 0.1) is 26.4 Å². The molecule has 582 valence electrons. The summed E-state index contributed by atoms with van der Waals surface area (Å²) in [7, 11) is -9.99. The Balaban J connectivity index is 5.45. The number of allylic oxidation sites excluding steroid dienone is 24. The van der Waals surface area contributed by atoms with Crippen LogP contribution in [0.2, 0.25) is 0 Å². The van der Waals surface area contributed by atoms with E-state index in [1.165, 1.54) is 38.5 Å². The van der Waals surface area contributed by atoms with Crippen molar-refractivity contribution in [3.8, 4) is 0 Å². The Kier molecular flexibility index (Phi) is 70.5. The van der Waals surface area contributed by atoms with Crippen molar-refractivity contribution >= 4 is 39.5 Å². The van der Waals surface area contributed by atoms with Crippen molar-refractivity contribution in [1.29, 1.82) is 0 Å². The maximum absolute atomic E-state index is 13.1. The molecule has 5 unspecified atom stereocenters. The predicted molar refractivity (Wildman–Crippen MR) is 417 cm³/mol. The molecule has 17 nitrogen and oxygen atoms in total. The molecular weight excluding hydrogens is 1330 g/mol. The Labute approximate surface area is 617 Å². The highest BCUT2D eigenvalue weighted by Gasteiger charge is 2.30. The van der Waals surface area contributed by atoms with E-state index in [0.717, 1.165) is 173 Å². The zero-order valence-corrected chi connectivity index (χ0v) is 65.3. The van der Waals surface area contributed by atoms with Crippen LogP contribution in [0.15, 0.2) is 146 Å². The van der Waals surface area contributed by atoms with Gasteiger partial charge in [-0.15, -0.1) is 0 Å². The van der Waals surface area contributed by atoms with E-state index in [-0.39, 0.29) is 25.7 Å². The molecule has 0 spiro atoms. The van der Waals surface area contributed by atoms with Crippen LogP contribution in [-0.2, 0) is 65.4 Å². The van der Waals surface area contributed by atoms with Gasteiger partial charge in [-0.2, -0.15) is 0 Å². The molecule has 0 heterocycles. The first-order valence-electron chi connectivity index (χ1n) is 39.1. The van der Waals surface area contributed by atoms with Crippen molar-refractivity contribution in [3.05, 3.63) is 146 Å². The SMILES string of the molecule is CC/C=C\C/C=C\C/C=C\C/C=C\C/C=C\C/C=C\CCC(=O)OCC(COP(=O)(O)OCC(O)COP(=O)(O)OCC(COC(=O)CCCCCCC/C=C\C/C=C\C/C=C\CC)OC(=O)CCCCCCC/C=C\C/C=C\CCC)OC(=O)CCCCCCC/C=C\CCCCCCCC. The molecule has 3 N–H and O–H groups in total. The Morgan fingerprint density at radius 3 is 0.892 bits per heavy atom. The molecule has 5 atom stereocenters. The van der Waals surface area contributed by atoms with Gasteiger partial charge in [0, 0.05) is 25.7 Å². The topological polar surface area (TPSA) is 237 Å². The summed E-state index contributed by atoms with van der Waals surface area (Å²) in [4.78, 5) is 72.9. The number of unbranched alkanes of at least 4 members (excludes halogenated alkanes) is 22. The van der Waals surface area contributed by atoms with E-state index in [1.807, 2.05) is 18.2 Å². The molecule has 0 aromatic rings. The number of hydrogen-bond donors (Lipinski definition) is 3. The van der Waals surface area contributed by atoms with Crippen LogP contribution in [0, 0.1) is 0 Å². The van der Waals surface area contributed by atoms with Crippen molar-refractivity contribution in [3.63, 3.8) is 0 Å². The first-order chi connectivity index (χ1) is 49.7. The van der Waals surface area contributed by atoms with Gasteiger partial charge in [-0.3, -0.25) is 37.3 Å². The summed E-state index contributed by atoms with van der Waals surface area (Å²) < 4.78 is 68.4. The van der Waals surface area contributed by atoms with Gasteiger partial charge in [0.15, 0.2) is 12.2 Å². The van der Waals surface area contributed by atoms with Crippen LogP contribution in [0.3, 0.4) is 0 Å². The van der Waals surface area contributed by atoms with Crippen LogP contribution in [0.5, 0.6) is 0 Å². The molecular formula is C83H138O17P2. The highest BCUT2D eigenvalue weighted by molar-refractivity contribution is 7.47. The van der Waals surface area contributed by atoms with Crippen molar-refractivity contribution < 1.29 is 80.2 Å². The molecule has 0 rings (SSSR count). The first kappa shape index (κ1) is 96.9. The number of carbonyl (C=O) groups excluding carboxylic acids is 4. The van der Waals surface area contributed by atoms with Gasteiger partial charge in [0.25, 0.3) is 0 Å². The number of rotatable bonds is 72. The summed E-state index contributed by atoms with van der Waals surface area (Å²) in [5, 5.41) is 10.6. The third kappa shape index (κ3) is 73.3. The third-order valence-corrected chi connectivity index (χ3v) is 17.7. The monoisotopic (exact) mass is 1470 g/mol. The number of carbonyl (C=O) groups is 4. The van der Waals surface area contributed by atoms with Crippen LogP contribution in [-0.4, -0.2) is 96.7 Å². The lowest BCUT2D eigenvalue weighted by Crippen LogP contribution is -2.30. The summed E-state index contributed by atoms with van der Waals surface area (Å²) >= 11 is 0. The molecule has 0 amide bonds. The highest BCUT2D eigenvalue weighted by atomic mass is 31.2. The van der Waals surface area contributed by atoms with E-state index in [4.69, 9.17) is 37.0 Å². The quantitative estimate of drug-likeness (QED) is 0.0169. The summed E-state index contributed by atoms with van der Waals surface area (Å²) in [6.45, 7) is 4.44. The Bertz CT molecular complexity index is 2510. The molecule has 0 bridgehead atoms. The fourth-order valence-corrected chi connectivity index (χ4v) is 11.5. The maximum Gasteiger partial charge on any atom is 0.472 e. The van der Waals surface area contributed by atoms with Gasteiger partial charge < -0.3 is 33.8 Å². The minimum absolute atomic E-state index is 0.0309. The Morgan fingerprint density at radius 1 is 0.284 bits per heavy atom. The maximum atomic E-state index is 13.1. The van der Waals surface area contributed by atoms with Crippen LogP contribution in [0.1, 0.15) is 297 Å². The molecule has 0 aliphatic rings. The summed E-state index contributed by atoms with van der Waals surface area (Å²) in [6, 6.07) is 0. The average Bonchev–Trinajstić information content (AvgIpc) is 0.924. The fourth-order valence-electron chi connectivity index (χ4n) is 9.88.